The van der Waals surface area contributed by atoms with Gasteiger partial charge in [-0.2, -0.15) is 0 Å². The summed E-state index contributed by atoms with van der Waals surface area (Å²) >= 11 is 0. The molecule has 6 fully saturated rings. The highest BCUT2D eigenvalue weighted by Gasteiger charge is 2.61. The molecule has 0 saturated heterocycles. The molecule has 61 heavy (non-hydrogen) atoms. The largest absolute Gasteiger partial charge is 0.343 e. The van der Waals surface area contributed by atoms with Gasteiger partial charge < -0.3 is 30.6 Å². The standard InChI is InChI=1S/C27H44O4.C27H46O3/c1-17(6-5-7-18(2)27(29,30)31)22-10-11-23-21-9-8-19-16-20(28)12-14-25(19,3)24(21)13-15-26(22,23)4;1-18(8-7-9-19(2)27(28,29)30)22-13-14-23-21-12-11-20-10-5-6-16-25(20,3)24(21)15-17-26(22,23)4/h16-18,21-24,29-31H,5-15H2,1-4H3;10,18-19,21-24,28-30H,5-9,11-17H2,1-4H3/t17-,18?,21+,22-,23+,24+,25+,26-;18-,19?,21+,22-,23+,24+,25+,26-/m11/s1. The van der Waals surface area contributed by atoms with Crippen LogP contribution in [0.2, 0.25) is 0 Å². The van der Waals surface area contributed by atoms with Crippen LogP contribution in [0.25, 0.3) is 0 Å². The molecule has 6 saturated carbocycles. The number of rotatable bonds is 12. The van der Waals surface area contributed by atoms with E-state index in [0.29, 0.717) is 46.7 Å². The summed E-state index contributed by atoms with van der Waals surface area (Å²) < 4.78 is 0. The molecule has 6 N–H and O–H groups in total. The van der Waals surface area contributed by atoms with E-state index in [0.717, 1.165) is 92.3 Å². The monoisotopic (exact) mass is 851 g/mol. The Balaban J connectivity index is 0.000000184. The maximum absolute atomic E-state index is 12.0. The average molecular weight is 851 g/mol. The van der Waals surface area contributed by atoms with Crippen molar-refractivity contribution < 1.29 is 35.4 Å². The Morgan fingerprint density at radius 2 is 1.02 bits per heavy atom. The average Bonchev–Trinajstić information content (AvgIpc) is 3.74. The van der Waals surface area contributed by atoms with Crippen LogP contribution in [0.4, 0.5) is 0 Å². The van der Waals surface area contributed by atoms with Gasteiger partial charge in [-0.05, 0) is 202 Å². The van der Waals surface area contributed by atoms with Crippen LogP contribution >= 0.6 is 0 Å². The fourth-order valence-electron chi connectivity index (χ4n) is 17.5. The van der Waals surface area contributed by atoms with Crippen LogP contribution in [-0.4, -0.2) is 48.4 Å². The van der Waals surface area contributed by atoms with Crippen molar-refractivity contribution in [1.82, 2.24) is 0 Å². The maximum atomic E-state index is 12.0. The van der Waals surface area contributed by atoms with Gasteiger partial charge >= 0.3 is 0 Å². The molecule has 0 spiro atoms. The Kier molecular flexibility index (Phi) is 14.1. The second-order valence-corrected chi connectivity index (χ2v) is 24.4. The summed E-state index contributed by atoms with van der Waals surface area (Å²) in [7, 11) is 0. The Labute approximate surface area is 371 Å². The molecule has 0 radical (unpaired) electrons. The third kappa shape index (κ3) is 9.09. The normalized spacial score (nSPS) is 42.8. The van der Waals surface area contributed by atoms with E-state index in [1.807, 2.05) is 11.6 Å². The molecule has 7 heteroatoms. The van der Waals surface area contributed by atoms with Crippen LogP contribution in [0.5, 0.6) is 0 Å². The van der Waals surface area contributed by atoms with Gasteiger partial charge in [0.15, 0.2) is 5.78 Å². The fourth-order valence-corrected chi connectivity index (χ4v) is 17.5. The number of hydrogen-bond acceptors (Lipinski definition) is 7. The third-order valence-corrected chi connectivity index (χ3v) is 21.4. The predicted molar refractivity (Wildman–Crippen MR) is 243 cm³/mol. The van der Waals surface area contributed by atoms with Crippen LogP contribution < -0.4 is 0 Å². The SMILES string of the molecule is CC(CCC[C@@H](C)[C@H]1CC[C@H]2[C@@H]3CCC4=CC(=O)CC[C@]4(C)[C@H]3CC[C@]12C)C(O)(O)O.CC(CCC[C@@H](C)[C@H]1CC[C@H]2[C@@H]3CCC4=CCCC[C@]4(C)[C@H]3CC[C@]12C)C(O)(O)O. The minimum absolute atomic E-state index is 0.253. The van der Waals surface area contributed by atoms with Crippen molar-refractivity contribution in [1.29, 1.82) is 0 Å². The molecule has 348 valence electrons. The van der Waals surface area contributed by atoms with Gasteiger partial charge in [0.1, 0.15) is 0 Å². The van der Waals surface area contributed by atoms with E-state index >= 15 is 0 Å². The molecule has 2 unspecified atom stereocenters. The van der Waals surface area contributed by atoms with E-state index in [9.17, 15) is 35.4 Å². The van der Waals surface area contributed by atoms with Crippen LogP contribution in [0.3, 0.4) is 0 Å². The zero-order chi connectivity index (χ0) is 44.3. The number of ketones is 1. The van der Waals surface area contributed by atoms with E-state index in [1.54, 1.807) is 13.8 Å². The molecule has 7 nitrogen and oxygen atoms in total. The molecule has 8 rings (SSSR count). The van der Waals surface area contributed by atoms with Crippen LogP contribution in [0.15, 0.2) is 23.3 Å². The molecule has 8 aliphatic carbocycles. The van der Waals surface area contributed by atoms with E-state index in [1.165, 1.54) is 95.5 Å². The lowest BCUT2D eigenvalue weighted by Crippen LogP contribution is -2.51. The molecule has 8 aliphatic rings. The molecular weight excluding hydrogens is 761 g/mol. The van der Waals surface area contributed by atoms with Crippen LogP contribution in [0.1, 0.15) is 203 Å². The second kappa shape index (κ2) is 17.9. The lowest BCUT2D eigenvalue weighted by atomic mass is 9.46. The van der Waals surface area contributed by atoms with Gasteiger partial charge in [-0.15, -0.1) is 0 Å². The molecule has 0 amide bonds. The summed E-state index contributed by atoms with van der Waals surface area (Å²) in [4.78, 5) is 12.0. The number of carbonyl (C=O) groups is 1. The zero-order valence-electron chi connectivity index (χ0n) is 39.9. The van der Waals surface area contributed by atoms with Gasteiger partial charge in [0.05, 0.1) is 0 Å². The molecule has 16 atom stereocenters. The smallest absolute Gasteiger partial charge is 0.277 e. The zero-order valence-corrected chi connectivity index (χ0v) is 39.9. The summed E-state index contributed by atoms with van der Waals surface area (Å²) in [5.41, 5.74) is 4.93. The Hall–Kier alpha value is -1.09. The van der Waals surface area contributed by atoms with Crippen LogP contribution in [-0.2, 0) is 4.79 Å². The minimum Gasteiger partial charge on any atom is -0.343 e. The molecule has 0 aromatic carbocycles. The van der Waals surface area contributed by atoms with Crippen molar-refractivity contribution in [3.05, 3.63) is 23.3 Å². The Morgan fingerprint density at radius 3 is 1.49 bits per heavy atom. The highest BCUT2D eigenvalue weighted by atomic mass is 16.7. The summed E-state index contributed by atoms with van der Waals surface area (Å²) in [5, 5.41) is 56.3. The van der Waals surface area contributed by atoms with Gasteiger partial charge in [0.2, 0.25) is 0 Å². The highest BCUT2D eigenvalue weighted by Crippen LogP contribution is 2.69. The quantitative estimate of drug-likeness (QED) is 0.0849. The lowest BCUT2D eigenvalue weighted by Gasteiger charge is -2.58. The van der Waals surface area contributed by atoms with E-state index in [-0.39, 0.29) is 5.41 Å². The summed E-state index contributed by atoms with van der Waals surface area (Å²) in [5.74, 6) is 2.23. The second-order valence-electron chi connectivity index (χ2n) is 24.4. The first-order valence-corrected chi connectivity index (χ1v) is 25.8. The number of fused-ring (bicyclic) bond motifs is 10. The first kappa shape index (κ1) is 47.9. The number of carbonyl (C=O) groups excluding carboxylic acids is 1. The minimum atomic E-state index is -2.56. The predicted octanol–water partition coefficient (Wildman–Crippen LogP) is 11.2. The van der Waals surface area contributed by atoms with E-state index < -0.39 is 23.8 Å². The number of hydrogen-bond donors (Lipinski definition) is 6. The summed E-state index contributed by atoms with van der Waals surface area (Å²) in [6.07, 6.45) is 32.0. The van der Waals surface area contributed by atoms with Crippen molar-refractivity contribution in [2.24, 2.45) is 92.7 Å². The van der Waals surface area contributed by atoms with E-state index in [2.05, 4.69) is 47.6 Å². The van der Waals surface area contributed by atoms with Crippen LogP contribution in [0, 0.1) is 92.7 Å². The maximum Gasteiger partial charge on any atom is 0.277 e. The third-order valence-electron chi connectivity index (χ3n) is 21.4. The molecule has 0 aliphatic heterocycles. The Bertz CT molecular complexity index is 1600. The number of aliphatic hydroxyl groups is 6. The molecular formula is C54H90O7. The van der Waals surface area contributed by atoms with Crippen molar-refractivity contribution in [2.75, 3.05) is 0 Å². The molecule has 0 aromatic heterocycles. The summed E-state index contributed by atoms with van der Waals surface area (Å²) in [6, 6.07) is 0. The van der Waals surface area contributed by atoms with Crippen molar-refractivity contribution >= 4 is 5.78 Å². The molecule has 0 heterocycles. The lowest BCUT2D eigenvalue weighted by molar-refractivity contribution is -0.340. The van der Waals surface area contributed by atoms with E-state index in [4.69, 9.17) is 0 Å². The molecule has 0 bridgehead atoms. The summed E-state index contributed by atoms with van der Waals surface area (Å²) in [6.45, 7) is 18.5. The van der Waals surface area contributed by atoms with Crippen molar-refractivity contribution in [3.8, 4) is 0 Å². The number of allylic oxidation sites excluding steroid dienone is 3. The fraction of sp³-hybridized carbons (Fsp3) is 0.907. The van der Waals surface area contributed by atoms with Crippen molar-refractivity contribution in [2.45, 2.75) is 215 Å². The Morgan fingerprint density at radius 1 is 0.557 bits per heavy atom. The van der Waals surface area contributed by atoms with Gasteiger partial charge in [-0.25, -0.2) is 0 Å². The first-order chi connectivity index (χ1) is 28.5. The van der Waals surface area contributed by atoms with Gasteiger partial charge in [0.25, 0.3) is 11.9 Å². The molecule has 0 aromatic rings. The van der Waals surface area contributed by atoms with Gasteiger partial charge in [0, 0.05) is 18.3 Å². The van der Waals surface area contributed by atoms with Crippen molar-refractivity contribution in [3.63, 3.8) is 0 Å². The first-order valence-electron chi connectivity index (χ1n) is 25.8. The highest BCUT2D eigenvalue weighted by molar-refractivity contribution is 5.91. The topological polar surface area (TPSA) is 138 Å². The van der Waals surface area contributed by atoms with Gasteiger partial charge in [-0.3, -0.25) is 4.79 Å². The van der Waals surface area contributed by atoms with Gasteiger partial charge in [-0.1, -0.05) is 98.3 Å².